The van der Waals surface area contributed by atoms with E-state index >= 15 is 0 Å². The fraction of sp³-hybridized carbons (Fsp3) is 0.500. The molecule has 68 valence electrons. The van der Waals surface area contributed by atoms with Crippen molar-refractivity contribution >= 4 is 17.4 Å². The first-order valence-electron chi connectivity index (χ1n) is 3.58. The molecule has 0 saturated carbocycles. The Labute approximate surface area is 78.4 Å². The molecular formula is C6H7N5OS. The second-order valence-corrected chi connectivity index (χ2v) is 3.39. The van der Waals surface area contributed by atoms with Crippen LogP contribution in [-0.2, 0) is 0 Å². The quantitative estimate of drug-likeness (QED) is 0.413. The lowest BCUT2D eigenvalue weighted by Gasteiger charge is -1.98. The molecule has 1 aromatic rings. The monoisotopic (exact) mass is 197 g/mol. The molecule has 1 amide bonds. The summed E-state index contributed by atoms with van der Waals surface area (Å²) < 4.78 is 3.63. The highest BCUT2D eigenvalue weighted by Gasteiger charge is 2.16. The van der Waals surface area contributed by atoms with Crippen LogP contribution in [-0.4, -0.2) is 15.5 Å². The van der Waals surface area contributed by atoms with Crippen molar-refractivity contribution in [1.29, 1.82) is 0 Å². The molecule has 0 saturated heterocycles. The number of amides is 1. The summed E-state index contributed by atoms with van der Waals surface area (Å²) in [6.45, 7) is 3.78. The zero-order valence-corrected chi connectivity index (χ0v) is 7.95. The molecule has 0 atom stereocenters. The van der Waals surface area contributed by atoms with Crippen molar-refractivity contribution in [2.45, 2.75) is 19.8 Å². The van der Waals surface area contributed by atoms with Crippen molar-refractivity contribution < 1.29 is 4.79 Å². The maximum Gasteiger partial charge on any atom is 0.262 e. The number of rotatable bonds is 2. The van der Waals surface area contributed by atoms with Gasteiger partial charge in [-0.2, -0.15) is 0 Å². The first-order valence-corrected chi connectivity index (χ1v) is 4.35. The molecule has 7 heteroatoms. The first kappa shape index (κ1) is 9.63. The minimum atomic E-state index is -0.610. The fourth-order valence-corrected chi connectivity index (χ4v) is 1.51. The van der Waals surface area contributed by atoms with Gasteiger partial charge in [0, 0.05) is 4.91 Å². The summed E-state index contributed by atoms with van der Waals surface area (Å²) in [6.07, 6.45) is 0. The average molecular weight is 197 g/mol. The van der Waals surface area contributed by atoms with Crippen molar-refractivity contribution in [3.8, 4) is 0 Å². The van der Waals surface area contributed by atoms with Crippen LogP contribution in [0, 0.1) is 0 Å². The Kier molecular flexibility index (Phi) is 2.94. The number of nitrogens with zero attached hydrogens (tertiary/aromatic N) is 5. The Morgan fingerprint density at radius 3 is 2.92 bits per heavy atom. The van der Waals surface area contributed by atoms with E-state index in [0.29, 0.717) is 10.6 Å². The van der Waals surface area contributed by atoms with E-state index in [-0.39, 0.29) is 5.92 Å². The average Bonchev–Trinajstić information content (AvgIpc) is 2.52. The largest absolute Gasteiger partial charge is 0.286 e. The van der Waals surface area contributed by atoms with Crippen molar-refractivity contribution in [1.82, 2.24) is 9.59 Å². The number of azide groups is 1. The van der Waals surface area contributed by atoms with Crippen molar-refractivity contribution in [2.75, 3.05) is 0 Å². The van der Waals surface area contributed by atoms with Gasteiger partial charge in [-0.3, -0.25) is 4.79 Å². The van der Waals surface area contributed by atoms with Gasteiger partial charge < -0.3 is 0 Å². The summed E-state index contributed by atoms with van der Waals surface area (Å²) in [5.41, 5.74) is 8.65. The van der Waals surface area contributed by atoms with Gasteiger partial charge in [-0.05, 0) is 28.1 Å². The van der Waals surface area contributed by atoms with E-state index in [2.05, 4.69) is 19.6 Å². The van der Waals surface area contributed by atoms with Gasteiger partial charge in [0.25, 0.3) is 5.91 Å². The maximum absolute atomic E-state index is 11.1. The second-order valence-electron chi connectivity index (χ2n) is 2.64. The van der Waals surface area contributed by atoms with Crippen LogP contribution in [0.2, 0.25) is 0 Å². The number of carbonyl (C=O) groups excluding carboxylic acids is 1. The van der Waals surface area contributed by atoms with E-state index in [1.54, 1.807) is 0 Å². The van der Waals surface area contributed by atoms with Gasteiger partial charge in [0.15, 0.2) is 0 Å². The molecule has 0 bridgehead atoms. The lowest BCUT2D eigenvalue weighted by molar-refractivity contribution is 0.100. The molecule has 6 nitrogen and oxygen atoms in total. The van der Waals surface area contributed by atoms with Crippen molar-refractivity contribution in [3.05, 3.63) is 21.0 Å². The van der Waals surface area contributed by atoms with Gasteiger partial charge in [-0.15, -0.1) is 5.10 Å². The van der Waals surface area contributed by atoms with Gasteiger partial charge in [-0.1, -0.05) is 18.3 Å². The molecule has 0 aliphatic carbocycles. The van der Waals surface area contributed by atoms with Crippen LogP contribution in [0.25, 0.3) is 10.4 Å². The fourth-order valence-electron chi connectivity index (χ4n) is 0.810. The summed E-state index contributed by atoms with van der Waals surface area (Å²) in [4.78, 5) is 13.9. The Hall–Kier alpha value is -1.46. The number of carbonyl (C=O) groups is 1. The maximum atomic E-state index is 11.1. The lowest BCUT2D eigenvalue weighted by atomic mass is 10.1. The minimum Gasteiger partial charge on any atom is -0.286 e. The van der Waals surface area contributed by atoms with Gasteiger partial charge in [0.1, 0.15) is 4.88 Å². The second kappa shape index (κ2) is 3.97. The van der Waals surface area contributed by atoms with Crippen molar-refractivity contribution in [2.24, 2.45) is 5.11 Å². The third kappa shape index (κ3) is 2.01. The highest BCUT2D eigenvalue weighted by molar-refractivity contribution is 7.08. The van der Waals surface area contributed by atoms with Gasteiger partial charge in [0.05, 0.1) is 5.69 Å². The van der Waals surface area contributed by atoms with E-state index < -0.39 is 5.91 Å². The minimum absolute atomic E-state index is 0.103. The lowest BCUT2D eigenvalue weighted by Crippen LogP contribution is -1.98. The molecule has 0 N–H and O–H groups in total. The molecule has 0 aliphatic rings. The zero-order chi connectivity index (χ0) is 9.84. The Balaban J connectivity index is 3.07. The van der Waals surface area contributed by atoms with Gasteiger partial charge in [0.2, 0.25) is 0 Å². The van der Waals surface area contributed by atoms with E-state index in [1.165, 1.54) is 0 Å². The highest BCUT2D eigenvalue weighted by Crippen LogP contribution is 2.20. The topological polar surface area (TPSA) is 91.6 Å². The molecule has 1 rings (SSSR count). The Morgan fingerprint density at radius 2 is 2.38 bits per heavy atom. The molecule has 0 aliphatic heterocycles. The van der Waals surface area contributed by atoms with Crippen LogP contribution < -0.4 is 0 Å². The van der Waals surface area contributed by atoms with E-state index in [9.17, 15) is 4.79 Å². The molecule has 13 heavy (non-hydrogen) atoms. The number of aromatic nitrogens is 2. The Bertz CT molecular complexity index is 365. The molecule has 0 radical (unpaired) electrons. The molecule has 0 fully saturated rings. The normalized spacial score (nSPS) is 9.77. The zero-order valence-electron chi connectivity index (χ0n) is 7.13. The van der Waals surface area contributed by atoms with E-state index in [1.807, 2.05) is 13.8 Å². The smallest absolute Gasteiger partial charge is 0.262 e. The van der Waals surface area contributed by atoms with Crippen LogP contribution in [0.15, 0.2) is 5.11 Å². The highest BCUT2D eigenvalue weighted by atomic mass is 32.1. The van der Waals surface area contributed by atoms with E-state index in [4.69, 9.17) is 5.53 Å². The van der Waals surface area contributed by atoms with Gasteiger partial charge >= 0.3 is 0 Å². The molecule has 0 aromatic carbocycles. The standard InChI is InChI=1S/C6H7N5OS/c1-3(2)4-5(13-11-8-4)6(12)9-10-7/h3H,1-2H3. The third-order valence-electron chi connectivity index (χ3n) is 1.39. The van der Waals surface area contributed by atoms with E-state index in [0.717, 1.165) is 11.5 Å². The summed E-state index contributed by atoms with van der Waals surface area (Å²) in [5, 5.41) is 6.77. The predicted molar refractivity (Wildman–Crippen MR) is 47.5 cm³/mol. The summed E-state index contributed by atoms with van der Waals surface area (Å²) in [7, 11) is 0. The SMILES string of the molecule is CC(C)c1nnsc1C(=O)N=[N+]=[N-]. The molecule has 1 heterocycles. The molecule has 1 aromatic heterocycles. The summed E-state index contributed by atoms with van der Waals surface area (Å²) in [6, 6.07) is 0. The summed E-state index contributed by atoms with van der Waals surface area (Å²) in [5.74, 6) is -0.507. The molecule has 0 spiro atoms. The summed E-state index contributed by atoms with van der Waals surface area (Å²) >= 11 is 0.950. The first-order chi connectivity index (χ1) is 6.16. The third-order valence-corrected chi connectivity index (χ3v) is 2.12. The number of hydrogen-bond donors (Lipinski definition) is 0. The Morgan fingerprint density at radius 1 is 1.69 bits per heavy atom. The van der Waals surface area contributed by atoms with Crippen molar-refractivity contribution in [3.63, 3.8) is 0 Å². The van der Waals surface area contributed by atoms with Gasteiger partial charge in [-0.25, -0.2) is 0 Å². The van der Waals surface area contributed by atoms with Crippen LogP contribution in [0.5, 0.6) is 0 Å². The van der Waals surface area contributed by atoms with Crippen LogP contribution in [0.3, 0.4) is 0 Å². The van der Waals surface area contributed by atoms with Crippen LogP contribution in [0.1, 0.15) is 35.1 Å². The van der Waals surface area contributed by atoms with Crippen LogP contribution >= 0.6 is 11.5 Å². The predicted octanol–water partition coefficient (Wildman–Crippen LogP) is 2.11. The number of hydrogen-bond acceptors (Lipinski definition) is 4. The molecule has 0 unspecified atom stereocenters. The van der Waals surface area contributed by atoms with Crippen LogP contribution in [0.4, 0.5) is 0 Å². The molecular weight excluding hydrogens is 190 g/mol.